The Morgan fingerprint density at radius 2 is 2.44 bits per heavy atom. The lowest BCUT2D eigenvalue weighted by Crippen LogP contribution is -2.33. The number of amides is 1. The molecule has 0 aromatic carbocycles. The molecule has 0 spiro atoms. The zero-order valence-corrected chi connectivity index (χ0v) is 9.62. The molecule has 1 saturated carbocycles. The molecule has 88 valence electrons. The van der Waals surface area contributed by atoms with E-state index in [9.17, 15) is 4.79 Å². The van der Waals surface area contributed by atoms with Gasteiger partial charge in [-0.2, -0.15) is 5.10 Å². The second-order valence-electron chi connectivity index (χ2n) is 4.25. The third-order valence-corrected chi connectivity index (χ3v) is 3.13. The number of hydrogen-bond donors (Lipinski definition) is 2. The molecule has 16 heavy (non-hydrogen) atoms. The minimum atomic E-state index is -0.0481. The van der Waals surface area contributed by atoms with E-state index in [0.717, 1.165) is 25.0 Å². The summed E-state index contributed by atoms with van der Waals surface area (Å²) in [5.41, 5.74) is 1.43. The molecule has 2 unspecified atom stereocenters. The lowest BCUT2D eigenvalue weighted by molar-refractivity contribution is 0.0914. The Labute approximate surface area is 94.6 Å². The molecule has 1 aromatic heterocycles. The van der Waals surface area contributed by atoms with Gasteiger partial charge in [-0.1, -0.05) is 0 Å². The van der Waals surface area contributed by atoms with Gasteiger partial charge in [0.1, 0.15) is 0 Å². The van der Waals surface area contributed by atoms with Crippen LogP contribution in [0.4, 0.5) is 0 Å². The molecule has 2 rings (SSSR count). The van der Waals surface area contributed by atoms with E-state index in [4.69, 9.17) is 4.74 Å². The van der Waals surface area contributed by atoms with Crippen molar-refractivity contribution < 1.29 is 9.53 Å². The Morgan fingerprint density at radius 1 is 1.62 bits per heavy atom. The topological polar surface area (TPSA) is 67.0 Å². The number of carbonyl (C=O) groups is 1. The first-order valence-electron chi connectivity index (χ1n) is 5.54. The predicted molar refractivity (Wildman–Crippen MR) is 59.2 cm³/mol. The molecule has 2 atom stereocenters. The molecular weight excluding hydrogens is 206 g/mol. The van der Waals surface area contributed by atoms with Crippen LogP contribution in [-0.2, 0) is 4.74 Å². The van der Waals surface area contributed by atoms with Crippen molar-refractivity contribution in [3.05, 3.63) is 17.5 Å². The highest BCUT2D eigenvalue weighted by Crippen LogP contribution is 2.21. The van der Waals surface area contributed by atoms with Gasteiger partial charge in [0.05, 0.1) is 17.9 Å². The molecule has 5 heteroatoms. The SMILES string of the molecule is COC1CCC(NC(=O)c2cn[nH]c2C)C1. The summed E-state index contributed by atoms with van der Waals surface area (Å²) in [6, 6.07) is 0.228. The number of nitrogens with one attached hydrogen (secondary N) is 2. The van der Waals surface area contributed by atoms with E-state index in [2.05, 4.69) is 15.5 Å². The lowest BCUT2D eigenvalue weighted by atomic mass is 10.2. The minimum Gasteiger partial charge on any atom is -0.381 e. The van der Waals surface area contributed by atoms with Gasteiger partial charge < -0.3 is 10.1 Å². The van der Waals surface area contributed by atoms with Gasteiger partial charge in [-0.25, -0.2) is 0 Å². The highest BCUT2D eigenvalue weighted by molar-refractivity contribution is 5.95. The number of ether oxygens (including phenoxy) is 1. The standard InChI is InChI=1S/C11H17N3O2/c1-7-10(6-12-14-7)11(15)13-8-3-4-9(5-8)16-2/h6,8-9H,3-5H2,1-2H3,(H,12,14)(H,13,15). The van der Waals surface area contributed by atoms with E-state index in [0.29, 0.717) is 5.56 Å². The second kappa shape index (κ2) is 4.65. The number of H-pyrrole nitrogens is 1. The van der Waals surface area contributed by atoms with Crippen LogP contribution in [0.1, 0.15) is 35.3 Å². The average Bonchev–Trinajstić information content (AvgIpc) is 2.86. The van der Waals surface area contributed by atoms with Gasteiger partial charge in [-0.05, 0) is 26.2 Å². The molecule has 0 saturated heterocycles. The van der Waals surface area contributed by atoms with E-state index >= 15 is 0 Å². The van der Waals surface area contributed by atoms with Crippen molar-refractivity contribution in [3.63, 3.8) is 0 Å². The first-order valence-corrected chi connectivity index (χ1v) is 5.54. The van der Waals surface area contributed by atoms with Crippen molar-refractivity contribution in [2.45, 2.75) is 38.3 Å². The zero-order chi connectivity index (χ0) is 11.5. The molecule has 2 N–H and O–H groups in total. The van der Waals surface area contributed by atoms with Crippen LogP contribution in [0.3, 0.4) is 0 Å². The molecule has 1 heterocycles. The van der Waals surface area contributed by atoms with E-state index < -0.39 is 0 Å². The van der Waals surface area contributed by atoms with E-state index in [-0.39, 0.29) is 18.1 Å². The largest absolute Gasteiger partial charge is 0.381 e. The minimum absolute atomic E-state index is 0.0481. The summed E-state index contributed by atoms with van der Waals surface area (Å²) in [6.07, 6.45) is 4.76. The van der Waals surface area contributed by atoms with Crippen LogP contribution < -0.4 is 5.32 Å². The highest BCUT2D eigenvalue weighted by Gasteiger charge is 2.26. The number of nitrogens with zero attached hydrogens (tertiary/aromatic N) is 1. The normalized spacial score (nSPS) is 24.6. The zero-order valence-electron chi connectivity index (χ0n) is 9.62. The number of aryl methyl sites for hydroxylation is 1. The van der Waals surface area contributed by atoms with E-state index in [1.807, 2.05) is 6.92 Å². The maximum absolute atomic E-state index is 11.9. The van der Waals surface area contributed by atoms with Crippen LogP contribution in [0.25, 0.3) is 0 Å². The molecule has 0 aliphatic heterocycles. The quantitative estimate of drug-likeness (QED) is 0.803. The summed E-state index contributed by atoms with van der Waals surface area (Å²) in [5.74, 6) is -0.0481. The Bertz CT molecular complexity index is 375. The van der Waals surface area contributed by atoms with Crippen molar-refractivity contribution in [1.29, 1.82) is 0 Å². The van der Waals surface area contributed by atoms with Crippen molar-refractivity contribution >= 4 is 5.91 Å². The fourth-order valence-electron chi connectivity index (χ4n) is 2.13. The van der Waals surface area contributed by atoms with Gasteiger partial charge in [0.2, 0.25) is 0 Å². The third-order valence-electron chi connectivity index (χ3n) is 3.13. The van der Waals surface area contributed by atoms with Gasteiger partial charge in [0.25, 0.3) is 5.91 Å². The summed E-state index contributed by atoms with van der Waals surface area (Å²) in [4.78, 5) is 11.9. The van der Waals surface area contributed by atoms with Gasteiger partial charge in [-0.15, -0.1) is 0 Å². The maximum atomic E-state index is 11.9. The monoisotopic (exact) mass is 223 g/mol. The van der Waals surface area contributed by atoms with Crippen LogP contribution in [0.2, 0.25) is 0 Å². The van der Waals surface area contributed by atoms with Crippen molar-refractivity contribution in [3.8, 4) is 0 Å². The number of carbonyl (C=O) groups excluding carboxylic acids is 1. The average molecular weight is 223 g/mol. The van der Waals surface area contributed by atoms with E-state index in [1.54, 1.807) is 13.3 Å². The number of rotatable bonds is 3. The van der Waals surface area contributed by atoms with Crippen molar-refractivity contribution in [2.75, 3.05) is 7.11 Å². The second-order valence-corrected chi connectivity index (χ2v) is 4.25. The first-order chi connectivity index (χ1) is 7.70. The fourth-order valence-corrected chi connectivity index (χ4v) is 2.13. The predicted octanol–water partition coefficient (Wildman–Crippen LogP) is 1.02. The van der Waals surface area contributed by atoms with Gasteiger partial charge in [0.15, 0.2) is 0 Å². The molecule has 1 fully saturated rings. The van der Waals surface area contributed by atoms with Gasteiger partial charge >= 0.3 is 0 Å². The number of aromatic nitrogens is 2. The molecule has 0 bridgehead atoms. The van der Waals surface area contributed by atoms with Crippen molar-refractivity contribution in [1.82, 2.24) is 15.5 Å². The van der Waals surface area contributed by atoms with Crippen LogP contribution in [0, 0.1) is 6.92 Å². The summed E-state index contributed by atoms with van der Waals surface area (Å²) in [6.45, 7) is 1.84. The molecule has 1 aromatic rings. The molecule has 5 nitrogen and oxygen atoms in total. The number of aromatic amines is 1. The fraction of sp³-hybridized carbons (Fsp3) is 0.636. The first kappa shape index (κ1) is 11.1. The third kappa shape index (κ3) is 2.24. The molecule has 1 aliphatic rings. The number of methoxy groups -OCH3 is 1. The number of hydrogen-bond acceptors (Lipinski definition) is 3. The van der Waals surface area contributed by atoms with Crippen molar-refractivity contribution in [2.24, 2.45) is 0 Å². The Balaban J connectivity index is 1.91. The lowest BCUT2D eigenvalue weighted by Gasteiger charge is -2.12. The van der Waals surface area contributed by atoms with Crippen LogP contribution >= 0.6 is 0 Å². The Hall–Kier alpha value is -1.36. The van der Waals surface area contributed by atoms with Gasteiger partial charge in [-0.3, -0.25) is 9.89 Å². The summed E-state index contributed by atoms with van der Waals surface area (Å²) in [5, 5.41) is 9.60. The van der Waals surface area contributed by atoms with Gasteiger partial charge in [0, 0.05) is 18.8 Å². The summed E-state index contributed by atoms with van der Waals surface area (Å²) in [7, 11) is 1.72. The molecule has 1 amide bonds. The van der Waals surface area contributed by atoms with Crippen LogP contribution in [0.15, 0.2) is 6.20 Å². The Morgan fingerprint density at radius 3 is 3.00 bits per heavy atom. The maximum Gasteiger partial charge on any atom is 0.254 e. The molecule has 1 aliphatic carbocycles. The highest BCUT2D eigenvalue weighted by atomic mass is 16.5. The molecule has 0 radical (unpaired) electrons. The smallest absolute Gasteiger partial charge is 0.254 e. The molecular formula is C11H17N3O2. The van der Waals surface area contributed by atoms with E-state index in [1.165, 1.54) is 0 Å². The Kier molecular flexibility index (Phi) is 3.24. The van der Waals surface area contributed by atoms with Crippen LogP contribution in [-0.4, -0.2) is 35.4 Å². The summed E-state index contributed by atoms with van der Waals surface area (Å²) < 4.78 is 5.27. The summed E-state index contributed by atoms with van der Waals surface area (Å²) >= 11 is 0. The van der Waals surface area contributed by atoms with Crippen LogP contribution in [0.5, 0.6) is 0 Å².